The number of hydrogen-bond acceptors (Lipinski definition) is 5. The van der Waals surface area contributed by atoms with Crippen molar-refractivity contribution >= 4 is 11.9 Å². The van der Waals surface area contributed by atoms with E-state index in [1.165, 1.54) is 14.2 Å². The molecule has 0 bridgehead atoms. The Morgan fingerprint density at radius 1 is 1.24 bits per heavy atom. The molecule has 5 heteroatoms. The average molecular weight is 241 g/mol. The van der Waals surface area contributed by atoms with E-state index in [4.69, 9.17) is 0 Å². The Hall–Kier alpha value is -1.62. The van der Waals surface area contributed by atoms with Gasteiger partial charge in [-0.25, -0.2) is 0 Å². The van der Waals surface area contributed by atoms with Gasteiger partial charge in [-0.15, -0.1) is 0 Å². The maximum atomic E-state index is 11.4. The predicted molar refractivity (Wildman–Crippen MR) is 64.4 cm³/mol. The topological polar surface area (TPSA) is 64.6 Å². The average Bonchev–Trinajstić information content (AvgIpc) is 2.36. The molecule has 0 aliphatic rings. The number of methoxy groups -OCH3 is 2. The van der Waals surface area contributed by atoms with Crippen LogP contribution in [0.5, 0.6) is 0 Å². The van der Waals surface area contributed by atoms with Crippen LogP contribution in [0.3, 0.4) is 0 Å². The number of ether oxygens (including phenoxy) is 2. The van der Waals surface area contributed by atoms with Crippen molar-refractivity contribution in [3.63, 3.8) is 0 Å². The SMILES string of the molecule is C/C=C/C=C/CC(NCC(=O)OC)C(=O)OC. The van der Waals surface area contributed by atoms with Gasteiger partial charge in [0.2, 0.25) is 0 Å². The Labute approximate surface area is 101 Å². The van der Waals surface area contributed by atoms with E-state index in [-0.39, 0.29) is 6.54 Å². The molecule has 0 aliphatic heterocycles. The molecular formula is C12H19NO4. The van der Waals surface area contributed by atoms with Crippen LogP contribution in [0, 0.1) is 0 Å². The van der Waals surface area contributed by atoms with Gasteiger partial charge in [-0.1, -0.05) is 24.3 Å². The molecule has 1 N–H and O–H groups in total. The number of hydrogen-bond donors (Lipinski definition) is 1. The molecule has 17 heavy (non-hydrogen) atoms. The molecule has 0 aliphatic carbocycles. The summed E-state index contributed by atoms with van der Waals surface area (Å²) in [4.78, 5) is 22.3. The van der Waals surface area contributed by atoms with Crippen LogP contribution in [0.15, 0.2) is 24.3 Å². The molecule has 5 nitrogen and oxygen atoms in total. The number of rotatable bonds is 7. The maximum Gasteiger partial charge on any atom is 0.323 e. The minimum Gasteiger partial charge on any atom is -0.468 e. The van der Waals surface area contributed by atoms with Crippen molar-refractivity contribution in [1.29, 1.82) is 0 Å². The molecule has 1 atom stereocenters. The van der Waals surface area contributed by atoms with E-state index in [2.05, 4.69) is 14.8 Å². The Kier molecular flexibility index (Phi) is 8.68. The normalized spacial score (nSPS) is 12.9. The third kappa shape index (κ3) is 7.30. The molecular weight excluding hydrogens is 222 g/mol. The lowest BCUT2D eigenvalue weighted by Crippen LogP contribution is -2.40. The fourth-order valence-electron chi connectivity index (χ4n) is 1.09. The van der Waals surface area contributed by atoms with Crippen molar-refractivity contribution < 1.29 is 19.1 Å². The summed E-state index contributed by atoms with van der Waals surface area (Å²) < 4.78 is 9.10. The van der Waals surface area contributed by atoms with Crippen LogP contribution < -0.4 is 5.32 Å². The zero-order valence-corrected chi connectivity index (χ0v) is 10.4. The summed E-state index contributed by atoms with van der Waals surface area (Å²) >= 11 is 0. The van der Waals surface area contributed by atoms with E-state index >= 15 is 0 Å². The molecule has 0 saturated carbocycles. The summed E-state index contributed by atoms with van der Waals surface area (Å²) in [5.41, 5.74) is 0. The van der Waals surface area contributed by atoms with Gasteiger partial charge in [0.1, 0.15) is 6.04 Å². The molecule has 0 spiro atoms. The first-order valence-electron chi connectivity index (χ1n) is 5.31. The fourth-order valence-corrected chi connectivity index (χ4v) is 1.09. The second-order valence-electron chi connectivity index (χ2n) is 3.22. The van der Waals surface area contributed by atoms with Crippen LogP contribution in [0.25, 0.3) is 0 Å². The highest BCUT2D eigenvalue weighted by atomic mass is 16.5. The monoisotopic (exact) mass is 241 g/mol. The summed E-state index contributed by atoms with van der Waals surface area (Å²) in [6.45, 7) is 1.88. The van der Waals surface area contributed by atoms with Crippen molar-refractivity contribution in [3.05, 3.63) is 24.3 Å². The lowest BCUT2D eigenvalue weighted by Gasteiger charge is -2.13. The minimum atomic E-state index is -0.541. The Bertz CT molecular complexity index is 297. The first kappa shape index (κ1) is 15.4. The summed E-state index contributed by atoms with van der Waals surface area (Å²) in [7, 11) is 2.61. The fraction of sp³-hybridized carbons (Fsp3) is 0.500. The first-order valence-corrected chi connectivity index (χ1v) is 5.31. The molecule has 0 radical (unpaired) electrons. The van der Waals surface area contributed by atoms with Gasteiger partial charge in [0.05, 0.1) is 20.8 Å². The van der Waals surface area contributed by atoms with Crippen molar-refractivity contribution in [2.75, 3.05) is 20.8 Å². The molecule has 0 aromatic rings. The summed E-state index contributed by atoms with van der Waals surface area (Å²) in [5, 5.41) is 2.77. The van der Waals surface area contributed by atoms with E-state index in [1.54, 1.807) is 0 Å². The molecule has 0 rings (SSSR count). The van der Waals surface area contributed by atoms with E-state index in [0.717, 1.165) is 0 Å². The van der Waals surface area contributed by atoms with Crippen molar-refractivity contribution in [1.82, 2.24) is 5.32 Å². The highest BCUT2D eigenvalue weighted by molar-refractivity contribution is 5.77. The smallest absolute Gasteiger partial charge is 0.323 e. The van der Waals surface area contributed by atoms with Crippen LogP contribution in [0.1, 0.15) is 13.3 Å². The second-order valence-corrected chi connectivity index (χ2v) is 3.22. The third-order valence-corrected chi connectivity index (χ3v) is 2.02. The van der Waals surface area contributed by atoms with Gasteiger partial charge in [0.25, 0.3) is 0 Å². The standard InChI is InChI=1S/C12H19NO4/c1-4-5-6-7-8-10(12(15)17-3)13-9-11(14)16-2/h4-7,10,13H,8-9H2,1-3H3/b5-4+,7-6+. The molecule has 0 aromatic heterocycles. The van der Waals surface area contributed by atoms with Gasteiger partial charge in [-0.05, 0) is 13.3 Å². The van der Waals surface area contributed by atoms with Crippen LogP contribution in [-0.2, 0) is 19.1 Å². The quantitative estimate of drug-likeness (QED) is 0.528. The van der Waals surface area contributed by atoms with Crippen LogP contribution in [0.2, 0.25) is 0 Å². The minimum absolute atomic E-state index is 0.0201. The third-order valence-electron chi connectivity index (χ3n) is 2.02. The number of allylic oxidation sites excluding steroid dienone is 3. The van der Waals surface area contributed by atoms with E-state index < -0.39 is 18.0 Å². The lowest BCUT2D eigenvalue weighted by atomic mass is 10.2. The number of carbonyl (C=O) groups excluding carboxylic acids is 2. The lowest BCUT2D eigenvalue weighted by molar-refractivity contribution is -0.144. The predicted octanol–water partition coefficient (Wildman–Crippen LogP) is 0.813. The zero-order valence-electron chi connectivity index (χ0n) is 10.4. The number of nitrogens with one attached hydrogen (secondary N) is 1. The highest BCUT2D eigenvalue weighted by Crippen LogP contribution is 1.97. The van der Waals surface area contributed by atoms with Crippen LogP contribution in [0.4, 0.5) is 0 Å². The van der Waals surface area contributed by atoms with Crippen molar-refractivity contribution in [3.8, 4) is 0 Å². The van der Waals surface area contributed by atoms with Gasteiger partial charge >= 0.3 is 11.9 Å². The van der Waals surface area contributed by atoms with Gasteiger partial charge < -0.3 is 9.47 Å². The van der Waals surface area contributed by atoms with Crippen molar-refractivity contribution in [2.24, 2.45) is 0 Å². The van der Waals surface area contributed by atoms with E-state index in [9.17, 15) is 9.59 Å². The van der Waals surface area contributed by atoms with Crippen LogP contribution >= 0.6 is 0 Å². The molecule has 0 fully saturated rings. The summed E-state index contributed by atoms with van der Waals surface area (Å²) in [5.74, 6) is -0.824. The number of carbonyl (C=O) groups is 2. The largest absolute Gasteiger partial charge is 0.468 e. The maximum absolute atomic E-state index is 11.4. The molecule has 0 heterocycles. The second kappa shape index (κ2) is 9.59. The Morgan fingerprint density at radius 2 is 1.94 bits per heavy atom. The van der Waals surface area contributed by atoms with E-state index in [0.29, 0.717) is 6.42 Å². The van der Waals surface area contributed by atoms with Gasteiger partial charge in [-0.3, -0.25) is 14.9 Å². The van der Waals surface area contributed by atoms with E-state index in [1.807, 2.05) is 31.2 Å². The summed E-state index contributed by atoms with van der Waals surface area (Å²) in [6.07, 6.45) is 7.84. The molecule has 96 valence electrons. The Balaban J connectivity index is 4.23. The van der Waals surface area contributed by atoms with Gasteiger partial charge in [0, 0.05) is 0 Å². The van der Waals surface area contributed by atoms with Gasteiger partial charge in [0.15, 0.2) is 0 Å². The molecule has 0 aromatic carbocycles. The number of esters is 2. The van der Waals surface area contributed by atoms with Crippen LogP contribution in [-0.4, -0.2) is 38.7 Å². The van der Waals surface area contributed by atoms with Gasteiger partial charge in [-0.2, -0.15) is 0 Å². The summed E-state index contributed by atoms with van der Waals surface area (Å²) in [6, 6.07) is -0.541. The molecule has 1 unspecified atom stereocenters. The molecule has 0 amide bonds. The van der Waals surface area contributed by atoms with Crippen molar-refractivity contribution in [2.45, 2.75) is 19.4 Å². The molecule has 0 saturated heterocycles. The first-order chi connectivity index (χ1) is 8.15. The highest BCUT2D eigenvalue weighted by Gasteiger charge is 2.18. The Morgan fingerprint density at radius 3 is 2.47 bits per heavy atom. The zero-order chi connectivity index (χ0) is 13.1.